The summed E-state index contributed by atoms with van der Waals surface area (Å²) in [4.78, 5) is 23.4. The Balaban J connectivity index is 1.56. The van der Waals surface area contributed by atoms with Gasteiger partial charge in [0.1, 0.15) is 11.5 Å². The van der Waals surface area contributed by atoms with Crippen LogP contribution in [0, 0.1) is 0 Å². The number of hydrogen-bond acceptors (Lipinski definition) is 7. The van der Waals surface area contributed by atoms with Crippen molar-refractivity contribution in [3.05, 3.63) is 59.7 Å². The second-order valence-corrected chi connectivity index (χ2v) is 7.04. The second-order valence-electron chi connectivity index (χ2n) is 5.82. The molecular formula is C20H22N4O4S. The minimum Gasteiger partial charge on any atom is -0.507 e. The molecule has 152 valence electrons. The van der Waals surface area contributed by atoms with Crippen molar-refractivity contribution in [3.63, 3.8) is 0 Å². The van der Waals surface area contributed by atoms with Crippen molar-refractivity contribution in [1.82, 2.24) is 10.9 Å². The molecule has 2 aromatic carbocycles. The van der Waals surface area contributed by atoms with E-state index in [1.807, 2.05) is 0 Å². The van der Waals surface area contributed by atoms with Gasteiger partial charge in [0.15, 0.2) is 0 Å². The summed E-state index contributed by atoms with van der Waals surface area (Å²) in [5.41, 5.74) is 5.81. The van der Waals surface area contributed by atoms with Crippen LogP contribution < -0.4 is 10.9 Å². The number of amides is 2. The summed E-state index contributed by atoms with van der Waals surface area (Å²) in [6.07, 6.45) is 3.27. The minimum absolute atomic E-state index is 0.0873. The molecule has 9 heteroatoms. The largest absolute Gasteiger partial charge is 0.507 e. The topological polar surface area (TPSA) is 123 Å². The second kappa shape index (κ2) is 12.2. The van der Waals surface area contributed by atoms with Crippen molar-refractivity contribution < 1.29 is 19.8 Å². The van der Waals surface area contributed by atoms with Crippen molar-refractivity contribution in [3.8, 4) is 11.5 Å². The highest BCUT2D eigenvalue weighted by Crippen LogP contribution is 2.13. The molecule has 0 aliphatic heterocycles. The minimum atomic E-state index is -0.249. The molecule has 0 aromatic heterocycles. The third-order valence-corrected chi connectivity index (χ3v) is 4.59. The first-order valence-electron chi connectivity index (χ1n) is 8.84. The van der Waals surface area contributed by atoms with Gasteiger partial charge in [-0.2, -0.15) is 22.0 Å². The number of benzene rings is 2. The summed E-state index contributed by atoms with van der Waals surface area (Å²) in [6, 6.07) is 13.3. The third-order valence-electron chi connectivity index (χ3n) is 3.61. The lowest BCUT2D eigenvalue weighted by atomic mass is 10.2. The van der Waals surface area contributed by atoms with Crippen LogP contribution in [0.3, 0.4) is 0 Å². The maximum Gasteiger partial charge on any atom is 0.240 e. The van der Waals surface area contributed by atoms with E-state index in [0.29, 0.717) is 22.6 Å². The van der Waals surface area contributed by atoms with E-state index in [1.54, 1.807) is 36.4 Å². The fraction of sp³-hybridized carbons (Fsp3) is 0.200. The fourth-order valence-electron chi connectivity index (χ4n) is 2.08. The number of carbonyl (C=O) groups is 2. The van der Waals surface area contributed by atoms with Crippen LogP contribution in [0.2, 0.25) is 0 Å². The van der Waals surface area contributed by atoms with Crippen molar-refractivity contribution in [2.75, 3.05) is 11.5 Å². The highest BCUT2D eigenvalue weighted by Gasteiger charge is 2.03. The van der Waals surface area contributed by atoms with Crippen LogP contribution >= 0.6 is 11.8 Å². The van der Waals surface area contributed by atoms with Crippen LogP contribution in [-0.4, -0.2) is 46.0 Å². The zero-order valence-electron chi connectivity index (χ0n) is 15.6. The number of carbonyl (C=O) groups excluding carboxylic acids is 2. The summed E-state index contributed by atoms with van der Waals surface area (Å²) in [5.74, 6) is 0.772. The Bertz CT molecular complexity index is 815. The van der Waals surface area contributed by atoms with Gasteiger partial charge in [-0.25, -0.2) is 10.9 Å². The normalized spacial score (nSPS) is 11.0. The number of hydrazone groups is 2. The number of hydrogen-bond donors (Lipinski definition) is 4. The van der Waals surface area contributed by atoms with Crippen LogP contribution in [0.15, 0.2) is 58.7 Å². The van der Waals surface area contributed by atoms with Crippen molar-refractivity contribution >= 4 is 36.0 Å². The lowest BCUT2D eigenvalue weighted by Gasteiger charge is -2.02. The molecule has 2 aromatic rings. The van der Waals surface area contributed by atoms with Crippen LogP contribution in [-0.2, 0) is 9.59 Å². The maximum absolute atomic E-state index is 11.7. The average Bonchev–Trinajstić information content (AvgIpc) is 2.70. The first-order valence-corrected chi connectivity index (χ1v) is 9.99. The standard InChI is InChI=1S/C20H22N4O4S/c25-17-7-3-1-5-15(17)13-21-23-19(27)9-11-29-12-10-20(28)24-22-14-16-6-2-4-8-18(16)26/h1-8,13-14,25-26H,9-12H2,(H,23,27)(H,24,28)/b21-13-,22-14-. The predicted octanol–water partition coefficient (Wildman–Crippen LogP) is 2.21. The fourth-order valence-corrected chi connectivity index (χ4v) is 2.95. The first kappa shape index (κ1) is 22.0. The molecule has 0 radical (unpaired) electrons. The molecule has 2 amide bonds. The summed E-state index contributed by atoms with van der Waals surface area (Å²) in [5, 5.41) is 26.8. The monoisotopic (exact) mass is 414 g/mol. The number of phenolic OH excluding ortho intramolecular Hbond substituents is 2. The molecule has 4 N–H and O–H groups in total. The molecule has 0 unspecified atom stereocenters. The van der Waals surface area contributed by atoms with Crippen LogP contribution in [0.25, 0.3) is 0 Å². The van der Waals surface area contributed by atoms with E-state index in [0.717, 1.165) is 0 Å². The van der Waals surface area contributed by atoms with Crippen molar-refractivity contribution in [1.29, 1.82) is 0 Å². The third kappa shape index (κ3) is 8.48. The van der Waals surface area contributed by atoms with Gasteiger partial charge < -0.3 is 10.2 Å². The van der Waals surface area contributed by atoms with E-state index in [9.17, 15) is 19.8 Å². The summed E-state index contributed by atoms with van der Waals surface area (Å²) < 4.78 is 0. The summed E-state index contributed by atoms with van der Waals surface area (Å²) in [6.45, 7) is 0. The molecule has 0 aliphatic rings. The number of phenols is 2. The quantitative estimate of drug-likeness (QED) is 0.270. The molecule has 2 rings (SSSR count). The van der Waals surface area contributed by atoms with E-state index in [-0.39, 0.29) is 36.2 Å². The van der Waals surface area contributed by atoms with Gasteiger partial charge in [0.2, 0.25) is 11.8 Å². The molecule has 29 heavy (non-hydrogen) atoms. The zero-order chi connectivity index (χ0) is 20.9. The first-order chi connectivity index (χ1) is 14.1. The van der Waals surface area contributed by atoms with Crippen LogP contribution in [0.1, 0.15) is 24.0 Å². The zero-order valence-corrected chi connectivity index (χ0v) is 16.4. The molecule has 8 nitrogen and oxygen atoms in total. The van der Waals surface area contributed by atoms with Crippen molar-refractivity contribution in [2.45, 2.75) is 12.8 Å². The average molecular weight is 414 g/mol. The highest BCUT2D eigenvalue weighted by atomic mass is 32.2. The van der Waals surface area contributed by atoms with Gasteiger partial charge in [-0.05, 0) is 24.3 Å². The molecule has 0 spiro atoms. The Labute approximate surface area is 172 Å². The van der Waals surface area contributed by atoms with Gasteiger partial charge in [0, 0.05) is 35.5 Å². The van der Waals surface area contributed by atoms with Gasteiger partial charge in [0.25, 0.3) is 0 Å². The molecule has 0 fully saturated rings. The Hall–Kier alpha value is -3.33. The van der Waals surface area contributed by atoms with Crippen molar-refractivity contribution in [2.24, 2.45) is 10.2 Å². The number of nitrogens with one attached hydrogen (secondary N) is 2. The summed E-state index contributed by atoms with van der Waals surface area (Å²) in [7, 11) is 0. The molecule has 0 saturated carbocycles. The van der Waals surface area contributed by atoms with E-state index in [2.05, 4.69) is 21.1 Å². The maximum atomic E-state index is 11.7. The van der Waals surface area contributed by atoms with E-state index >= 15 is 0 Å². The molecule has 0 heterocycles. The Morgan fingerprint density at radius 3 is 1.62 bits per heavy atom. The molecule has 0 atom stereocenters. The number of para-hydroxylation sites is 2. The lowest BCUT2D eigenvalue weighted by Crippen LogP contribution is -2.19. The number of rotatable bonds is 10. The Morgan fingerprint density at radius 2 is 1.21 bits per heavy atom. The summed E-state index contributed by atoms with van der Waals surface area (Å²) >= 11 is 1.47. The van der Waals surface area contributed by atoms with Gasteiger partial charge in [-0.3, -0.25) is 9.59 Å². The Morgan fingerprint density at radius 1 is 0.793 bits per heavy atom. The van der Waals surface area contributed by atoms with Gasteiger partial charge >= 0.3 is 0 Å². The van der Waals surface area contributed by atoms with Crippen LogP contribution in [0.4, 0.5) is 0 Å². The number of nitrogens with zero attached hydrogens (tertiary/aromatic N) is 2. The molecule has 0 saturated heterocycles. The van der Waals surface area contributed by atoms with Crippen LogP contribution in [0.5, 0.6) is 11.5 Å². The lowest BCUT2D eigenvalue weighted by molar-refractivity contribution is -0.121. The van der Waals surface area contributed by atoms with Gasteiger partial charge in [0.05, 0.1) is 12.4 Å². The molecular weight excluding hydrogens is 392 g/mol. The number of thioether (sulfide) groups is 1. The predicted molar refractivity (Wildman–Crippen MR) is 114 cm³/mol. The van der Waals surface area contributed by atoms with E-state index in [4.69, 9.17) is 0 Å². The smallest absolute Gasteiger partial charge is 0.240 e. The van der Waals surface area contributed by atoms with E-state index < -0.39 is 0 Å². The van der Waals surface area contributed by atoms with E-state index in [1.165, 1.54) is 36.3 Å². The van der Waals surface area contributed by atoms with Gasteiger partial charge in [-0.1, -0.05) is 24.3 Å². The molecule has 0 bridgehead atoms. The highest BCUT2D eigenvalue weighted by molar-refractivity contribution is 7.99. The number of aromatic hydroxyl groups is 2. The Kier molecular flexibility index (Phi) is 9.23. The SMILES string of the molecule is O=C(CCSCCC(=O)N/N=C\c1ccccc1O)N/N=C\c1ccccc1O. The molecule has 0 aliphatic carbocycles. The van der Waals surface area contributed by atoms with Gasteiger partial charge in [-0.15, -0.1) is 0 Å².